The molecular formula is C41H41N9O8S. The number of likely N-dealkylation sites (tertiary alicyclic amines) is 1. The first-order chi connectivity index (χ1) is 28.5. The second-order valence-corrected chi connectivity index (χ2v) is 18.0. The van der Waals surface area contributed by atoms with E-state index in [1.54, 1.807) is 47.3 Å². The Bertz CT molecular complexity index is 2650. The molecular weight excluding hydrogens is 779 g/mol. The van der Waals surface area contributed by atoms with Crippen molar-refractivity contribution in [3.63, 3.8) is 0 Å². The van der Waals surface area contributed by atoms with Crippen LogP contribution in [0, 0.1) is 11.3 Å². The first kappa shape index (κ1) is 37.0. The molecule has 1 spiro atoms. The van der Waals surface area contributed by atoms with Gasteiger partial charge in [-0.2, -0.15) is 5.10 Å². The second kappa shape index (κ2) is 13.9. The Morgan fingerprint density at radius 3 is 2.53 bits per heavy atom. The molecule has 4 fully saturated rings. The Labute approximate surface area is 338 Å². The lowest BCUT2D eigenvalue weighted by Crippen LogP contribution is -2.72. The molecule has 2 N–H and O–H groups in total. The maximum absolute atomic E-state index is 13.7. The van der Waals surface area contributed by atoms with Gasteiger partial charge in [0, 0.05) is 81.4 Å². The average Bonchev–Trinajstić information content (AvgIpc) is 4.01. The largest absolute Gasteiger partial charge is 0.496 e. The van der Waals surface area contributed by atoms with E-state index >= 15 is 0 Å². The van der Waals surface area contributed by atoms with Crippen molar-refractivity contribution in [1.82, 2.24) is 30.1 Å². The van der Waals surface area contributed by atoms with Crippen molar-refractivity contribution in [2.45, 2.75) is 36.7 Å². The van der Waals surface area contributed by atoms with Crippen LogP contribution in [0.25, 0.3) is 11.0 Å². The summed E-state index contributed by atoms with van der Waals surface area (Å²) in [6.45, 7) is 6.70. The number of fused-ring (bicyclic) bond motifs is 2. The van der Waals surface area contributed by atoms with Gasteiger partial charge in [-0.15, -0.1) is 0 Å². The van der Waals surface area contributed by atoms with E-state index in [2.05, 4.69) is 35.0 Å². The smallest absolute Gasteiger partial charge is 0.263 e. The van der Waals surface area contributed by atoms with Crippen LogP contribution in [0.15, 0.2) is 82.5 Å². The van der Waals surface area contributed by atoms with E-state index < -0.39 is 39.7 Å². The molecule has 5 aliphatic heterocycles. The van der Waals surface area contributed by atoms with E-state index in [1.807, 2.05) is 30.5 Å². The predicted molar refractivity (Wildman–Crippen MR) is 214 cm³/mol. The van der Waals surface area contributed by atoms with Crippen LogP contribution in [0.1, 0.15) is 45.5 Å². The summed E-state index contributed by atoms with van der Waals surface area (Å²) in [5.74, 6) is -1.10. The Kier molecular flexibility index (Phi) is 8.75. The summed E-state index contributed by atoms with van der Waals surface area (Å²) in [7, 11) is -2.50. The van der Waals surface area contributed by atoms with Gasteiger partial charge in [0.05, 0.1) is 29.7 Å². The van der Waals surface area contributed by atoms with E-state index in [0.717, 1.165) is 74.1 Å². The van der Waals surface area contributed by atoms with Gasteiger partial charge < -0.3 is 24.0 Å². The highest BCUT2D eigenvalue weighted by atomic mass is 32.2. The first-order valence-electron chi connectivity index (χ1n) is 19.6. The van der Waals surface area contributed by atoms with E-state index in [0.29, 0.717) is 34.7 Å². The SMILES string of the molecule is COc1cc(Cn2cccn2)cc2onc(NS(=O)(=O)c3cccc(N4CC5(CN(CC6CCN(c7ccc8c(c7)C(=O)N(C7CCC(=O)NC7=O)C8=O)C6)C5)C4)c3)c12. The third kappa shape index (κ3) is 6.55. The lowest BCUT2D eigenvalue weighted by atomic mass is 9.72. The fourth-order valence-electron chi connectivity index (χ4n) is 9.44. The highest BCUT2D eigenvalue weighted by Gasteiger charge is 2.52. The van der Waals surface area contributed by atoms with Gasteiger partial charge in [-0.3, -0.25) is 38.8 Å². The number of sulfonamides is 1. The monoisotopic (exact) mass is 819 g/mol. The highest BCUT2D eigenvalue weighted by Crippen LogP contribution is 2.43. The lowest BCUT2D eigenvalue weighted by Gasteiger charge is -2.61. The molecule has 0 aliphatic carbocycles. The van der Waals surface area contributed by atoms with Crippen molar-refractivity contribution in [1.29, 1.82) is 0 Å². The van der Waals surface area contributed by atoms with Gasteiger partial charge in [-0.25, -0.2) is 8.42 Å². The normalized spacial score (nSPS) is 21.5. The topological polar surface area (TPSA) is 193 Å². The summed E-state index contributed by atoms with van der Waals surface area (Å²) >= 11 is 0. The zero-order valence-corrected chi connectivity index (χ0v) is 33.0. The summed E-state index contributed by atoms with van der Waals surface area (Å²) in [5.41, 5.74) is 3.70. The molecule has 17 nitrogen and oxygen atoms in total. The van der Waals surface area contributed by atoms with Crippen LogP contribution < -0.4 is 24.6 Å². The quantitative estimate of drug-likeness (QED) is 0.185. The lowest BCUT2D eigenvalue weighted by molar-refractivity contribution is -0.136. The number of aromatic nitrogens is 3. The van der Waals surface area contributed by atoms with Crippen LogP contribution in [0.2, 0.25) is 0 Å². The summed E-state index contributed by atoms with van der Waals surface area (Å²) in [4.78, 5) is 58.6. The number of hydrogen-bond donors (Lipinski definition) is 2. The fourth-order valence-corrected chi connectivity index (χ4v) is 10.5. The zero-order valence-electron chi connectivity index (χ0n) is 32.2. The number of rotatable bonds is 11. The molecule has 10 rings (SSSR count). The molecule has 59 heavy (non-hydrogen) atoms. The molecule has 18 heteroatoms. The Hall–Kier alpha value is -6.27. The average molecular weight is 820 g/mol. The van der Waals surface area contributed by atoms with Crippen LogP contribution in [0.4, 0.5) is 17.2 Å². The van der Waals surface area contributed by atoms with Crippen LogP contribution in [-0.4, -0.2) is 116 Å². The number of nitrogens with zero attached hydrogens (tertiary/aromatic N) is 7. The summed E-state index contributed by atoms with van der Waals surface area (Å²) in [6.07, 6.45) is 4.74. The highest BCUT2D eigenvalue weighted by molar-refractivity contribution is 7.92. The van der Waals surface area contributed by atoms with Gasteiger partial charge in [-0.05, 0) is 78.9 Å². The third-order valence-corrected chi connectivity index (χ3v) is 13.5. The predicted octanol–water partition coefficient (Wildman–Crippen LogP) is 2.93. The van der Waals surface area contributed by atoms with Crippen molar-refractivity contribution in [2.75, 3.05) is 67.4 Å². The molecule has 2 atom stereocenters. The minimum atomic E-state index is -4.02. The standard InChI is InChI=1S/C41H41N9O8S/c1-57-33-14-26(20-49-12-3-11-42-49)15-34-36(33)37(44-58-34)45-59(55,56)29-5-2-4-27(16-29)48-23-41(24-48)21-46(22-41)18-25-10-13-47(19-25)28-6-7-30-31(17-28)40(54)50(39(30)53)32-8-9-35(51)43-38(32)52/h2-7,11-12,14-17,25,32H,8-10,13,18-24H2,1H3,(H,44,45)(H,43,51,52). The minimum absolute atomic E-state index is 0.0491. The Morgan fingerprint density at radius 2 is 1.75 bits per heavy atom. The van der Waals surface area contributed by atoms with E-state index in [4.69, 9.17) is 9.26 Å². The van der Waals surface area contributed by atoms with E-state index in [9.17, 15) is 27.6 Å². The van der Waals surface area contributed by atoms with Crippen LogP contribution >= 0.6 is 0 Å². The van der Waals surface area contributed by atoms with E-state index in [1.165, 1.54) is 7.11 Å². The van der Waals surface area contributed by atoms with Crippen molar-refractivity contribution < 1.29 is 36.9 Å². The summed E-state index contributed by atoms with van der Waals surface area (Å²) in [6, 6.07) is 16.7. The number of benzene rings is 3. The second-order valence-electron chi connectivity index (χ2n) is 16.3. The van der Waals surface area contributed by atoms with Crippen LogP contribution in [-0.2, 0) is 26.2 Å². The number of ether oxygens (including phenoxy) is 1. The number of imide groups is 2. The molecule has 0 radical (unpaired) electrons. The molecule has 0 saturated carbocycles. The number of hydrogen-bond acceptors (Lipinski definition) is 13. The molecule has 2 aromatic heterocycles. The van der Waals surface area contributed by atoms with Gasteiger partial charge in [-0.1, -0.05) is 11.2 Å². The molecule has 0 bridgehead atoms. The van der Waals surface area contributed by atoms with Crippen LogP contribution in [0.5, 0.6) is 5.75 Å². The van der Waals surface area contributed by atoms with Crippen molar-refractivity contribution in [3.05, 3.63) is 89.7 Å². The van der Waals surface area contributed by atoms with Crippen molar-refractivity contribution in [3.8, 4) is 5.75 Å². The number of methoxy groups -OCH3 is 1. The molecule has 2 unspecified atom stereocenters. The maximum atomic E-state index is 13.7. The molecule has 304 valence electrons. The zero-order chi connectivity index (χ0) is 40.6. The van der Waals surface area contributed by atoms with Gasteiger partial charge in [0.2, 0.25) is 11.8 Å². The molecule has 3 aromatic carbocycles. The Morgan fingerprint density at radius 1 is 0.932 bits per heavy atom. The number of piperidine rings is 1. The maximum Gasteiger partial charge on any atom is 0.263 e. The fraction of sp³-hybridized carbons (Fsp3) is 0.366. The molecule has 4 saturated heterocycles. The van der Waals surface area contributed by atoms with Gasteiger partial charge in [0.1, 0.15) is 17.2 Å². The number of carbonyl (C=O) groups excluding carboxylic acids is 4. The van der Waals surface area contributed by atoms with Gasteiger partial charge in [0.25, 0.3) is 21.8 Å². The number of nitrogens with one attached hydrogen (secondary N) is 2. The Balaban J connectivity index is 0.730. The van der Waals surface area contributed by atoms with Crippen molar-refractivity contribution >= 4 is 61.8 Å². The van der Waals surface area contributed by atoms with Gasteiger partial charge >= 0.3 is 0 Å². The minimum Gasteiger partial charge on any atom is -0.496 e. The molecule has 7 heterocycles. The van der Waals surface area contributed by atoms with Crippen LogP contribution in [0.3, 0.4) is 0 Å². The number of amides is 4. The summed E-state index contributed by atoms with van der Waals surface area (Å²) in [5, 5.41) is 11.0. The summed E-state index contributed by atoms with van der Waals surface area (Å²) < 4.78 is 42.9. The molecule has 5 aliphatic rings. The van der Waals surface area contributed by atoms with Crippen molar-refractivity contribution in [2.24, 2.45) is 11.3 Å². The van der Waals surface area contributed by atoms with Gasteiger partial charge in [0.15, 0.2) is 11.4 Å². The molecule has 4 amide bonds. The first-order valence-corrected chi connectivity index (χ1v) is 21.1. The van der Waals surface area contributed by atoms with E-state index in [-0.39, 0.29) is 34.5 Å². The number of anilines is 3. The molecule has 5 aromatic rings. The third-order valence-electron chi connectivity index (χ3n) is 12.2. The number of carbonyl (C=O) groups is 4.